The van der Waals surface area contributed by atoms with Crippen molar-refractivity contribution in [3.63, 3.8) is 0 Å². The zero-order valence-corrected chi connectivity index (χ0v) is 42.5. The molecule has 10 aromatic rings. The van der Waals surface area contributed by atoms with Crippen molar-refractivity contribution in [3.05, 3.63) is 289 Å². The molecule has 0 saturated heterocycles. The number of aliphatic hydroxyl groups is 1. The van der Waals surface area contributed by atoms with Crippen LogP contribution in [0.15, 0.2) is 267 Å². The summed E-state index contributed by atoms with van der Waals surface area (Å²) >= 11 is 0. The lowest BCUT2D eigenvalue weighted by atomic mass is 9.86. The van der Waals surface area contributed by atoms with Crippen LogP contribution >= 0.6 is 0 Å². The molecule has 0 bridgehead atoms. The van der Waals surface area contributed by atoms with E-state index < -0.39 is 13.7 Å². The number of benzene rings is 10. The quantitative estimate of drug-likeness (QED) is 0.0801. The van der Waals surface area contributed by atoms with Crippen LogP contribution in [-0.4, -0.2) is 13.2 Å². The number of hydrogen-bond donors (Lipinski definition) is 1. The Hall–Kier alpha value is -7.62. The maximum Gasteiger partial charge on any atom is 0.0893 e. The highest BCUT2D eigenvalue weighted by molar-refractivity contribution is 6.78. The highest BCUT2D eigenvalue weighted by atomic mass is 28.3. The van der Waals surface area contributed by atoms with Crippen LogP contribution in [0.5, 0.6) is 0 Å². The van der Waals surface area contributed by atoms with Gasteiger partial charge in [0.15, 0.2) is 0 Å². The molecule has 0 amide bonds. The second-order valence-corrected chi connectivity index (χ2v) is 24.3. The van der Waals surface area contributed by atoms with Crippen LogP contribution in [0.4, 0.5) is 0 Å². The lowest BCUT2D eigenvalue weighted by molar-refractivity contribution is 0.0207. The third kappa shape index (κ3) is 10.8. The van der Waals surface area contributed by atoms with Crippen molar-refractivity contribution in [2.24, 2.45) is 0 Å². The molecule has 1 atom stereocenters. The second kappa shape index (κ2) is 22.6. The molecule has 354 valence electrons. The molecule has 0 aliphatic carbocycles. The topological polar surface area (TPSA) is 20.2 Å². The molecule has 1 nitrogen and oxygen atoms in total. The Morgan fingerprint density at radius 3 is 0.806 bits per heavy atom. The van der Waals surface area contributed by atoms with Gasteiger partial charge in [-0.25, -0.2) is 0 Å². The molecule has 72 heavy (non-hydrogen) atoms. The van der Waals surface area contributed by atoms with Crippen molar-refractivity contribution in [2.45, 2.75) is 62.4 Å². The Balaban J connectivity index is 1.31. The van der Waals surface area contributed by atoms with Crippen LogP contribution in [0.25, 0.3) is 66.8 Å². The Morgan fingerprint density at radius 2 is 0.556 bits per heavy atom. The van der Waals surface area contributed by atoms with Gasteiger partial charge in [-0.15, -0.1) is 0 Å². The van der Waals surface area contributed by atoms with Gasteiger partial charge in [0, 0.05) is 0 Å². The molecular weight excluding hydrogens is 885 g/mol. The summed E-state index contributed by atoms with van der Waals surface area (Å²) in [6.07, 6.45) is 3.32. The summed E-state index contributed by atoms with van der Waals surface area (Å²) in [6.45, 7) is 2.24. The van der Waals surface area contributed by atoms with Gasteiger partial charge < -0.3 is 5.11 Å². The summed E-state index contributed by atoms with van der Waals surface area (Å²) in [5, 5.41) is 13.5. The van der Waals surface area contributed by atoms with E-state index >= 15 is 0 Å². The summed E-state index contributed by atoms with van der Waals surface area (Å²) < 4.78 is 0. The normalized spacial score (nSPS) is 12.3. The molecular formula is C70H64OSi. The van der Waals surface area contributed by atoms with E-state index in [0.717, 1.165) is 42.6 Å². The van der Waals surface area contributed by atoms with Gasteiger partial charge in [0.1, 0.15) is 0 Å². The first-order valence-corrected chi connectivity index (χ1v) is 28.8. The maximum absolute atomic E-state index is 13.5. The smallest absolute Gasteiger partial charge is 0.0893 e. The third-order valence-electron chi connectivity index (χ3n) is 15.0. The van der Waals surface area contributed by atoms with Crippen LogP contribution in [0, 0.1) is 0 Å². The van der Waals surface area contributed by atoms with Crippen LogP contribution in [0.1, 0.15) is 54.9 Å². The minimum atomic E-state index is -2.95. The van der Waals surface area contributed by atoms with Crippen molar-refractivity contribution < 1.29 is 5.11 Å². The van der Waals surface area contributed by atoms with E-state index in [2.05, 4.69) is 274 Å². The molecule has 0 aromatic heterocycles. The van der Waals surface area contributed by atoms with Crippen LogP contribution in [0.2, 0.25) is 6.04 Å². The van der Waals surface area contributed by atoms with Gasteiger partial charge in [0.05, 0.1) is 13.7 Å². The fraction of sp³-hybridized carbons (Fsp3) is 0.143. The number of rotatable bonds is 19. The molecule has 1 N–H and O–H groups in total. The van der Waals surface area contributed by atoms with Gasteiger partial charge in [-0.05, 0) is 120 Å². The van der Waals surface area contributed by atoms with E-state index in [1.54, 1.807) is 0 Å². The van der Waals surface area contributed by atoms with Crippen LogP contribution in [-0.2, 0) is 23.7 Å². The summed E-state index contributed by atoms with van der Waals surface area (Å²) in [5.41, 5.74) is 19.1. The fourth-order valence-electron chi connectivity index (χ4n) is 11.3. The molecule has 0 saturated carbocycles. The Morgan fingerprint density at radius 1 is 0.306 bits per heavy atom. The van der Waals surface area contributed by atoms with Gasteiger partial charge in [-0.2, -0.15) is 0 Å². The van der Waals surface area contributed by atoms with Crippen molar-refractivity contribution >= 4 is 8.07 Å². The summed E-state index contributed by atoms with van der Waals surface area (Å²) in [5.74, 6) is 0. The molecule has 2 heteroatoms. The number of unbranched alkanes of at least 4 members (excludes halogenated alkanes) is 1. The Kier molecular flexibility index (Phi) is 15.1. The Bertz CT molecular complexity index is 2800. The summed E-state index contributed by atoms with van der Waals surface area (Å²) in [7, 11) is -2.95. The minimum Gasteiger partial charge on any atom is -0.385 e. The van der Waals surface area contributed by atoms with Crippen molar-refractivity contribution in [1.82, 2.24) is 0 Å². The second-order valence-electron chi connectivity index (χ2n) is 19.7. The van der Waals surface area contributed by atoms with E-state index in [0.29, 0.717) is 12.8 Å². The molecule has 0 aliphatic heterocycles. The van der Waals surface area contributed by atoms with Gasteiger partial charge >= 0.3 is 0 Å². The highest BCUT2D eigenvalue weighted by Gasteiger charge is 2.41. The van der Waals surface area contributed by atoms with Gasteiger partial charge in [0.2, 0.25) is 0 Å². The van der Waals surface area contributed by atoms with Crippen molar-refractivity contribution in [1.29, 1.82) is 0 Å². The van der Waals surface area contributed by atoms with Crippen molar-refractivity contribution in [3.8, 4) is 66.8 Å². The average molecular weight is 949 g/mol. The Labute approximate surface area is 429 Å². The molecule has 0 heterocycles. The lowest BCUT2D eigenvalue weighted by Gasteiger charge is -2.40. The van der Waals surface area contributed by atoms with E-state index in [1.807, 2.05) is 0 Å². The molecule has 10 aromatic carbocycles. The number of hydrogen-bond acceptors (Lipinski definition) is 1. The first kappa shape index (κ1) is 48.0. The maximum atomic E-state index is 13.5. The minimum absolute atomic E-state index is 0.653. The van der Waals surface area contributed by atoms with Gasteiger partial charge in [0.25, 0.3) is 0 Å². The first-order chi connectivity index (χ1) is 35.5. The zero-order chi connectivity index (χ0) is 49.0. The zero-order valence-electron chi connectivity index (χ0n) is 41.5. The molecule has 0 radical (unpaired) electrons. The summed E-state index contributed by atoms with van der Waals surface area (Å²) in [4.78, 5) is 0. The monoisotopic (exact) mass is 948 g/mol. The first-order valence-electron chi connectivity index (χ1n) is 26.0. The van der Waals surface area contributed by atoms with Crippen LogP contribution < -0.4 is 0 Å². The van der Waals surface area contributed by atoms with Gasteiger partial charge in [-0.1, -0.05) is 293 Å². The predicted molar refractivity (Wildman–Crippen MR) is 308 cm³/mol. The molecule has 0 fully saturated rings. The summed E-state index contributed by atoms with van der Waals surface area (Å²) in [6, 6.07) is 101. The predicted octanol–water partition coefficient (Wildman–Crippen LogP) is 18.3. The average Bonchev–Trinajstić information content (AvgIpc) is 3.46. The third-order valence-corrected chi connectivity index (χ3v) is 19.6. The van der Waals surface area contributed by atoms with Crippen LogP contribution in [0.3, 0.4) is 0 Å². The van der Waals surface area contributed by atoms with E-state index in [-0.39, 0.29) is 0 Å². The van der Waals surface area contributed by atoms with Crippen molar-refractivity contribution in [2.75, 3.05) is 0 Å². The standard InChI is InChI=1S/C70H64OSi/c1-2-3-48-70(71,60-40-23-10-24-41-60)49-50-72(51-67-61(54-28-11-4-12-29-54)42-25-43-62(67)55-30-13-5-14-31-55,52-68-63(56-32-15-6-16-33-56)44-26-45-64(68)57-34-17-7-18-35-57)53-69-65(58-36-19-8-20-37-58)46-27-47-66(69)59-38-21-9-22-39-59/h4-47,71H,2-3,48-53H2,1H3. The van der Waals surface area contributed by atoms with E-state index in [4.69, 9.17) is 0 Å². The molecule has 10 rings (SSSR count). The largest absolute Gasteiger partial charge is 0.385 e. The molecule has 1 unspecified atom stereocenters. The fourth-order valence-corrected chi connectivity index (χ4v) is 16.6. The molecule has 0 aliphatic rings. The van der Waals surface area contributed by atoms with E-state index in [1.165, 1.54) is 83.5 Å². The SMILES string of the molecule is CCCCC(O)(CC[Si](Cc1c(-c2ccccc2)cccc1-c1ccccc1)(Cc1c(-c2ccccc2)cccc1-c1ccccc1)Cc1c(-c2ccccc2)cccc1-c1ccccc1)c1ccccc1. The molecule has 0 spiro atoms. The van der Waals surface area contributed by atoms with E-state index in [9.17, 15) is 5.11 Å². The highest BCUT2D eigenvalue weighted by Crippen LogP contribution is 2.46. The van der Waals surface area contributed by atoms with Gasteiger partial charge in [-0.3, -0.25) is 0 Å². The lowest BCUT2D eigenvalue weighted by Crippen LogP contribution is -2.46.